The molecule has 0 bridgehead atoms. The molecule has 0 aliphatic carbocycles. The van der Waals surface area contributed by atoms with Crippen molar-refractivity contribution < 1.29 is 14.3 Å². The summed E-state index contributed by atoms with van der Waals surface area (Å²) in [6.07, 6.45) is 2.92. The predicted molar refractivity (Wildman–Crippen MR) is 98.3 cm³/mol. The highest BCUT2D eigenvalue weighted by molar-refractivity contribution is 9.11. The molecule has 2 aliphatic rings. The van der Waals surface area contributed by atoms with Crippen LogP contribution in [0.5, 0.6) is 0 Å². The minimum absolute atomic E-state index is 0.209. The van der Waals surface area contributed by atoms with Crippen LogP contribution in [0.2, 0.25) is 0 Å². The molecule has 134 valence electrons. The number of carbonyl (C=O) groups is 1. The number of thiophene rings is 1. The molecule has 0 saturated carbocycles. The van der Waals surface area contributed by atoms with Gasteiger partial charge in [-0.15, -0.1) is 11.3 Å². The van der Waals surface area contributed by atoms with Gasteiger partial charge < -0.3 is 14.4 Å². The number of halogens is 1. The van der Waals surface area contributed by atoms with Crippen LogP contribution in [0.3, 0.4) is 0 Å². The zero-order valence-electron chi connectivity index (χ0n) is 13.9. The van der Waals surface area contributed by atoms with Gasteiger partial charge >= 0.3 is 0 Å². The first-order valence-corrected chi connectivity index (χ1v) is 10.3. The second-order valence-corrected chi connectivity index (χ2v) is 8.87. The van der Waals surface area contributed by atoms with Crippen molar-refractivity contribution in [2.45, 2.75) is 31.9 Å². The van der Waals surface area contributed by atoms with E-state index in [9.17, 15) is 4.79 Å². The molecular weight excluding hydrogens is 392 g/mol. The number of nitrogens with zero attached hydrogens (tertiary/aromatic N) is 2. The van der Waals surface area contributed by atoms with E-state index in [-0.39, 0.29) is 12.0 Å². The average molecular weight is 417 g/mol. The first-order valence-electron chi connectivity index (χ1n) is 8.64. The van der Waals surface area contributed by atoms with Crippen molar-refractivity contribution in [1.82, 2.24) is 9.80 Å². The van der Waals surface area contributed by atoms with Crippen LogP contribution in [0.4, 0.5) is 0 Å². The minimum Gasteiger partial charge on any atom is -0.378 e. The maximum atomic E-state index is 12.3. The Hall–Kier alpha value is -0.470. The second-order valence-electron chi connectivity index (χ2n) is 6.32. The van der Waals surface area contributed by atoms with E-state index in [1.165, 1.54) is 8.66 Å². The Morgan fingerprint density at radius 3 is 2.83 bits per heavy atom. The second kappa shape index (κ2) is 9.29. The van der Waals surface area contributed by atoms with E-state index >= 15 is 0 Å². The fourth-order valence-electron chi connectivity index (χ4n) is 3.12. The largest absolute Gasteiger partial charge is 0.378 e. The van der Waals surface area contributed by atoms with E-state index in [1.54, 1.807) is 11.3 Å². The van der Waals surface area contributed by atoms with Gasteiger partial charge in [-0.05, 0) is 40.9 Å². The molecule has 7 heteroatoms. The summed E-state index contributed by atoms with van der Waals surface area (Å²) in [6, 6.07) is 4.26. The highest BCUT2D eigenvalue weighted by atomic mass is 79.9. The summed E-state index contributed by atoms with van der Waals surface area (Å²) >= 11 is 5.28. The molecule has 3 heterocycles. The Balaban J connectivity index is 1.29. The van der Waals surface area contributed by atoms with Crippen LogP contribution in [0.25, 0.3) is 0 Å². The van der Waals surface area contributed by atoms with E-state index in [4.69, 9.17) is 9.47 Å². The fraction of sp³-hybridized carbons (Fsp3) is 0.706. The van der Waals surface area contributed by atoms with Gasteiger partial charge in [0, 0.05) is 44.2 Å². The Bertz CT molecular complexity index is 526. The number of hydrogen-bond donors (Lipinski definition) is 0. The molecule has 1 amide bonds. The molecule has 0 radical (unpaired) electrons. The smallest absolute Gasteiger partial charge is 0.224 e. The predicted octanol–water partition coefficient (Wildman–Crippen LogP) is 2.74. The van der Waals surface area contributed by atoms with E-state index < -0.39 is 0 Å². The summed E-state index contributed by atoms with van der Waals surface area (Å²) < 4.78 is 12.3. The zero-order chi connectivity index (χ0) is 16.8. The van der Waals surface area contributed by atoms with Crippen molar-refractivity contribution in [2.24, 2.45) is 0 Å². The lowest BCUT2D eigenvalue weighted by molar-refractivity contribution is -0.134. The van der Waals surface area contributed by atoms with Crippen LogP contribution in [0, 0.1) is 0 Å². The summed E-state index contributed by atoms with van der Waals surface area (Å²) in [5.41, 5.74) is 0. The monoisotopic (exact) mass is 416 g/mol. The van der Waals surface area contributed by atoms with Crippen molar-refractivity contribution >= 4 is 33.2 Å². The van der Waals surface area contributed by atoms with Gasteiger partial charge in [-0.25, -0.2) is 0 Å². The summed E-state index contributed by atoms with van der Waals surface area (Å²) in [5, 5.41) is 0. The Morgan fingerprint density at radius 1 is 1.33 bits per heavy atom. The van der Waals surface area contributed by atoms with Crippen molar-refractivity contribution in [3.05, 3.63) is 20.8 Å². The van der Waals surface area contributed by atoms with Gasteiger partial charge in [0.25, 0.3) is 0 Å². The van der Waals surface area contributed by atoms with Crippen molar-refractivity contribution in [2.75, 3.05) is 46.0 Å². The van der Waals surface area contributed by atoms with Gasteiger partial charge in [0.1, 0.15) is 0 Å². The molecule has 3 rings (SSSR count). The van der Waals surface area contributed by atoms with Crippen molar-refractivity contribution in [3.63, 3.8) is 0 Å². The zero-order valence-corrected chi connectivity index (χ0v) is 16.3. The van der Waals surface area contributed by atoms with E-state index in [0.717, 1.165) is 52.2 Å². The normalized spacial score (nSPS) is 22.2. The molecule has 2 fully saturated rings. The standard InChI is InChI=1S/C17H25BrN2O3S/c18-16-4-3-15(24-16)12-19-6-8-20(9-7-19)17(21)5-11-22-13-14-2-1-10-23-14/h3-4,14H,1-2,5-13H2. The highest BCUT2D eigenvalue weighted by Crippen LogP contribution is 2.23. The molecule has 1 unspecified atom stereocenters. The summed E-state index contributed by atoms with van der Waals surface area (Å²) in [5.74, 6) is 0.209. The van der Waals surface area contributed by atoms with E-state index in [1.807, 2.05) is 4.90 Å². The average Bonchev–Trinajstić information content (AvgIpc) is 3.24. The van der Waals surface area contributed by atoms with Crippen LogP contribution in [0.1, 0.15) is 24.1 Å². The minimum atomic E-state index is 0.209. The lowest BCUT2D eigenvalue weighted by Crippen LogP contribution is -2.48. The van der Waals surface area contributed by atoms with Gasteiger partial charge in [0.2, 0.25) is 5.91 Å². The topological polar surface area (TPSA) is 42.0 Å². The van der Waals surface area contributed by atoms with Gasteiger partial charge in [-0.1, -0.05) is 0 Å². The maximum Gasteiger partial charge on any atom is 0.224 e. The molecule has 1 aromatic heterocycles. The quantitative estimate of drug-likeness (QED) is 0.640. The first-order chi connectivity index (χ1) is 11.7. The molecule has 2 saturated heterocycles. The molecule has 2 aliphatic heterocycles. The van der Waals surface area contributed by atoms with Crippen LogP contribution >= 0.6 is 27.3 Å². The van der Waals surface area contributed by atoms with Crippen LogP contribution < -0.4 is 0 Å². The Labute approximate surface area is 156 Å². The van der Waals surface area contributed by atoms with Gasteiger partial charge in [0.05, 0.1) is 29.5 Å². The summed E-state index contributed by atoms with van der Waals surface area (Å²) in [4.78, 5) is 18.0. The van der Waals surface area contributed by atoms with Gasteiger partial charge in [-0.3, -0.25) is 9.69 Å². The lowest BCUT2D eigenvalue weighted by Gasteiger charge is -2.34. The Kier molecular flexibility index (Phi) is 7.09. The third kappa shape index (κ3) is 5.52. The summed E-state index contributed by atoms with van der Waals surface area (Å²) in [7, 11) is 0. The maximum absolute atomic E-state index is 12.3. The van der Waals surface area contributed by atoms with Crippen LogP contribution in [-0.4, -0.2) is 67.8 Å². The Morgan fingerprint density at radius 2 is 2.17 bits per heavy atom. The molecule has 0 aromatic carbocycles. The molecular formula is C17H25BrN2O3S. The van der Waals surface area contributed by atoms with Gasteiger partial charge in [-0.2, -0.15) is 0 Å². The molecule has 1 atom stereocenters. The van der Waals surface area contributed by atoms with Crippen molar-refractivity contribution in [1.29, 1.82) is 0 Å². The number of ether oxygens (including phenoxy) is 2. The van der Waals surface area contributed by atoms with Crippen LogP contribution in [-0.2, 0) is 20.8 Å². The summed E-state index contributed by atoms with van der Waals surface area (Å²) in [6.45, 7) is 6.46. The van der Waals surface area contributed by atoms with Crippen molar-refractivity contribution in [3.8, 4) is 0 Å². The van der Waals surface area contributed by atoms with Crippen LogP contribution in [0.15, 0.2) is 15.9 Å². The number of carbonyl (C=O) groups excluding carboxylic acids is 1. The molecule has 5 nitrogen and oxygen atoms in total. The fourth-order valence-corrected chi connectivity index (χ4v) is 4.65. The van der Waals surface area contributed by atoms with E-state index in [0.29, 0.717) is 19.6 Å². The van der Waals surface area contributed by atoms with Gasteiger partial charge in [0.15, 0.2) is 0 Å². The lowest BCUT2D eigenvalue weighted by atomic mass is 10.2. The molecule has 1 aromatic rings. The third-order valence-electron chi connectivity index (χ3n) is 4.52. The third-order valence-corrected chi connectivity index (χ3v) is 6.13. The first kappa shape index (κ1) is 18.3. The molecule has 0 N–H and O–H groups in total. The number of piperazine rings is 1. The number of rotatable bonds is 7. The molecule has 24 heavy (non-hydrogen) atoms. The SMILES string of the molecule is O=C(CCOCC1CCCO1)N1CCN(Cc2ccc(Br)s2)CC1. The number of amides is 1. The highest BCUT2D eigenvalue weighted by Gasteiger charge is 2.21. The molecule has 0 spiro atoms. The van der Waals surface area contributed by atoms with E-state index in [2.05, 4.69) is 33.0 Å². The number of hydrogen-bond acceptors (Lipinski definition) is 5.